The van der Waals surface area contributed by atoms with Crippen LogP contribution in [0.4, 0.5) is 34.1 Å². The van der Waals surface area contributed by atoms with Crippen molar-refractivity contribution in [3.05, 3.63) is 216 Å². The maximum Gasteiger partial charge on any atom is 0.0543 e. The lowest BCUT2D eigenvalue weighted by atomic mass is 9.84. The lowest BCUT2D eigenvalue weighted by Gasteiger charge is -2.31. The van der Waals surface area contributed by atoms with Crippen LogP contribution in [0.5, 0.6) is 0 Å². The van der Waals surface area contributed by atoms with Gasteiger partial charge in [0.15, 0.2) is 0 Å². The van der Waals surface area contributed by atoms with Crippen molar-refractivity contribution in [1.29, 1.82) is 0 Å². The van der Waals surface area contributed by atoms with Crippen LogP contribution in [0.2, 0.25) is 0 Å². The van der Waals surface area contributed by atoms with E-state index in [4.69, 9.17) is 0 Å². The highest BCUT2D eigenvalue weighted by molar-refractivity contribution is 6.29. The van der Waals surface area contributed by atoms with Crippen molar-refractivity contribution in [2.75, 3.05) is 9.80 Å². The van der Waals surface area contributed by atoms with Gasteiger partial charge in [0, 0.05) is 33.5 Å². The molecule has 0 aliphatic carbocycles. The van der Waals surface area contributed by atoms with Crippen molar-refractivity contribution >= 4 is 66.4 Å². The molecule has 10 aromatic carbocycles. The average molecular weight is 801 g/mol. The Hall–Kier alpha value is -7.16. The Bertz CT molecular complexity index is 2930. The van der Waals surface area contributed by atoms with E-state index in [0.717, 1.165) is 22.7 Å². The van der Waals surface area contributed by atoms with Crippen LogP contribution in [0, 0.1) is 13.8 Å². The highest BCUT2D eigenvalue weighted by atomic mass is 15.1. The molecule has 0 spiro atoms. The lowest BCUT2D eigenvalue weighted by molar-refractivity contribution is 0.875. The quantitative estimate of drug-likeness (QED) is 0.127. The molecule has 0 saturated heterocycles. The molecule has 0 fully saturated rings. The summed E-state index contributed by atoms with van der Waals surface area (Å²) in [6.45, 7) is 13.7. The topological polar surface area (TPSA) is 6.48 Å². The van der Waals surface area contributed by atoms with Gasteiger partial charge in [0.25, 0.3) is 0 Å². The van der Waals surface area contributed by atoms with E-state index in [1.807, 2.05) is 0 Å². The molecule has 0 unspecified atom stereocenters. The van der Waals surface area contributed by atoms with E-state index in [9.17, 15) is 0 Å². The van der Waals surface area contributed by atoms with E-state index in [1.165, 1.54) is 88.2 Å². The first-order chi connectivity index (χ1) is 30.2. The monoisotopic (exact) mass is 800 g/mol. The smallest absolute Gasteiger partial charge is 0.0543 e. The molecular weight excluding hydrogens is 749 g/mol. The first-order valence-electron chi connectivity index (χ1n) is 22.1. The normalized spacial score (nSPS) is 11.7. The SMILES string of the molecule is Cc1ccc(N(c2ccc(-c3ccccc3)cc2)c2cc(C(C)C)c3ccc4c(N(c5ccc(C)cc5)c5ccc(-c6ccccc6)cc5)cc(C(C)C)c5ccc2c3c54)cc1. The fraction of sp³-hybridized carbons (Fsp3) is 0.133. The van der Waals surface area contributed by atoms with Crippen LogP contribution in [-0.4, -0.2) is 0 Å². The molecule has 0 aliphatic rings. The van der Waals surface area contributed by atoms with Crippen LogP contribution < -0.4 is 9.80 Å². The fourth-order valence-corrected chi connectivity index (χ4v) is 9.44. The minimum atomic E-state index is 0.301. The molecule has 0 amide bonds. The zero-order chi connectivity index (χ0) is 42.5. The number of aryl methyl sites for hydroxylation is 2. The van der Waals surface area contributed by atoms with E-state index < -0.39 is 0 Å². The van der Waals surface area contributed by atoms with Crippen molar-refractivity contribution < 1.29 is 0 Å². The Kier molecular flexibility index (Phi) is 10.1. The van der Waals surface area contributed by atoms with Gasteiger partial charge in [-0.1, -0.05) is 172 Å². The second-order valence-electron chi connectivity index (χ2n) is 17.5. The van der Waals surface area contributed by atoms with Gasteiger partial charge >= 0.3 is 0 Å². The summed E-state index contributed by atoms with van der Waals surface area (Å²) < 4.78 is 0. The van der Waals surface area contributed by atoms with Crippen molar-refractivity contribution in [1.82, 2.24) is 0 Å². The minimum Gasteiger partial charge on any atom is -0.310 e. The molecule has 0 heterocycles. The predicted molar refractivity (Wildman–Crippen MR) is 268 cm³/mol. The van der Waals surface area contributed by atoms with Crippen molar-refractivity contribution in [2.24, 2.45) is 0 Å². The molecule has 0 bridgehead atoms. The van der Waals surface area contributed by atoms with Crippen LogP contribution in [0.15, 0.2) is 194 Å². The van der Waals surface area contributed by atoms with E-state index in [2.05, 4.69) is 245 Å². The van der Waals surface area contributed by atoms with E-state index in [1.54, 1.807) is 0 Å². The molecule has 2 heteroatoms. The fourth-order valence-electron chi connectivity index (χ4n) is 9.44. The summed E-state index contributed by atoms with van der Waals surface area (Å²) >= 11 is 0. The number of anilines is 6. The Morgan fingerprint density at radius 2 is 0.597 bits per heavy atom. The molecule has 0 aromatic heterocycles. The molecule has 302 valence electrons. The third-order valence-electron chi connectivity index (χ3n) is 12.7. The first-order valence-corrected chi connectivity index (χ1v) is 22.1. The first kappa shape index (κ1) is 39.0. The van der Waals surface area contributed by atoms with Gasteiger partial charge in [-0.2, -0.15) is 0 Å². The summed E-state index contributed by atoms with van der Waals surface area (Å²) in [5, 5.41) is 7.78. The molecule has 2 nitrogen and oxygen atoms in total. The van der Waals surface area contributed by atoms with Crippen molar-refractivity contribution in [3.8, 4) is 22.3 Å². The summed E-state index contributed by atoms with van der Waals surface area (Å²) in [4.78, 5) is 4.95. The van der Waals surface area contributed by atoms with Gasteiger partial charge in [-0.25, -0.2) is 0 Å². The zero-order valence-corrected chi connectivity index (χ0v) is 36.5. The molecule has 10 aromatic rings. The predicted octanol–water partition coefficient (Wildman–Crippen LogP) is 17.7. The molecule has 10 rings (SSSR count). The van der Waals surface area contributed by atoms with E-state index in [-0.39, 0.29) is 0 Å². The van der Waals surface area contributed by atoms with Crippen LogP contribution in [0.1, 0.15) is 61.8 Å². The standard InChI is InChI=1S/C60H52N2/c1-39(2)55-37-57(61(47-25-17-41(5)18-26-47)49-29-21-45(22-30-49)43-13-9-7-10-14-43)53-36-34-52-56(40(3)4)38-58(54-35-33-51(55)59(53)60(52)54)62(48-27-19-42(6)20-28-48)50-31-23-46(24-32-50)44-15-11-8-12-16-44/h7-40H,1-6H3. The summed E-state index contributed by atoms with van der Waals surface area (Å²) in [6.07, 6.45) is 0. The van der Waals surface area contributed by atoms with Crippen LogP contribution in [0.25, 0.3) is 54.6 Å². The maximum atomic E-state index is 2.48. The summed E-state index contributed by atoms with van der Waals surface area (Å²) in [7, 11) is 0. The molecule has 0 aliphatic heterocycles. The second-order valence-corrected chi connectivity index (χ2v) is 17.5. The van der Waals surface area contributed by atoms with Crippen molar-refractivity contribution in [2.45, 2.75) is 53.4 Å². The molecule has 62 heavy (non-hydrogen) atoms. The molecule has 0 radical (unpaired) electrons. The third kappa shape index (κ3) is 6.96. The summed E-state index contributed by atoms with van der Waals surface area (Å²) in [5.41, 5.74) is 17.0. The third-order valence-corrected chi connectivity index (χ3v) is 12.7. The van der Waals surface area contributed by atoms with Crippen LogP contribution in [0.3, 0.4) is 0 Å². The minimum absolute atomic E-state index is 0.301. The Labute approximate surface area is 366 Å². The zero-order valence-electron chi connectivity index (χ0n) is 36.5. The van der Waals surface area contributed by atoms with E-state index in [0.29, 0.717) is 11.8 Å². The highest BCUT2D eigenvalue weighted by Gasteiger charge is 2.26. The Balaban J connectivity index is 1.25. The van der Waals surface area contributed by atoms with Gasteiger partial charge in [0.05, 0.1) is 11.4 Å². The number of hydrogen-bond donors (Lipinski definition) is 0. The van der Waals surface area contributed by atoms with Crippen LogP contribution >= 0.6 is 0 Å². The van der Waals surface area contributed by atoms with Crippen molar-refractivity contribution in [3.63, 3.8) is 0 Å². The molecule has 0 atom stereocenters. The summed E-state index contributed by atoms with van der Waals surface area (Å²) in [6, 6.07) is 72.0. The van der Waals surface area contributed by atoms with Gasteiger partial charge in [0.2, 0.25) is 0 Å². The van der Waals surface area contributed by atoms with Gasteiger partial charge in [-0.15, -0.1) is 0 Å². The number of nitrogens with zero attached hydrogens (tertiary/aromatic N) is 2. The molecule has 0 N–H and O–H groups in total. The second kappa shape index (κ2) is 16.0. The van der Waals surface area contributed by atoms with Gasteiger partial charge in [-0.05, 0) is 141 Å². The average Bonchev–Trinajstić information content (AvgIpc) is 3.31. The largest absolute Gasteiger partial charge is 0.310 e. The molecule has 0 saturated carbocycles. The van der Waals surface area contributed by atoms with Gasteiger partial charge in [-0.3, -0.25) is 0 Å². The van der Waals surface area contributed by atoms with Crippen LogP contribution in [-0.2, 0) is 0 Å². The molecular formula is C60H52N2. The maximum absolute atomic E-state index is 2.48. The number of rotatable bonds is 10. The summed E-state index contributed by atoms with van der Waals surface area (Å²) in [5.74, 6) is 0.602. The Morgan fingerprint density at radius 3 is 0.919 bits per heavy atom. The lowest BCUT2D eigenvalue weighted by Crippen LogP contribution is -2.13. The number of benzene rings is 10. The number of hydrogen-bond acceptors (Lipinski definition) is 2. The van der Waals surface area contributed by atoms with Gasteiger partial charge in [0.1, 0.15) is 0 Å². The Morgan fingerprint density at radius 1 is 0.306 bits per heavy atom. The van der Waals surface area contributed by atoms with Gasteiger partial charge < -0.3 is 9.80 Å². The van der Waals surface area contributed by atoms with E-state index >= 15 is 0 Å². The highest BCUT2D eigenvalue weighted by Crippen LogP contribution is 2.51.